The van der Waals surface area contributed by atoms with E-state index in [4.69, 9.17) is 10.2 Å². The molecule has 0 aliphatic heterocycles. The number of hydrogen-bond donors (Lipinski definition) is 1. The summed E-state index contributed by atoms with van der Waals surface area (Å²) in [4.78, 5) is 6.40. The molecule has 0 spiro atoms. The van der Waals surface area contributed by atoms with Gasteiger partial charge in [-0.3, -0.25) is 4.90 Å². The van der Waals surface area contributed by atoms with E-state index in [0.717, 1.165) is 23.2 Å². The molecule has 3 aromatic rings. The van der Waals surface area contributed by atoms with Gasteiger partial charge in [0.1, 0.15) is 11.3 Å². The molecule has 0 radical (unpaired) electrons. The lowest BCUT2D eigenvalue weighted by atomic mass is 10.2. The average Bonchev–Trinajstić information content (AvgIpc) is 2.93. The standard InChI is InChI=1S/C16H16FN3O/c17-12-6-8-13(9-7-12)20(11-3-10-18)16-19-14-4-1-2-5-15(14)21-16/h1-2,4-9H,3,10-11,18H2. The van der Waals surface area contributed by atoms with Gasteiger partial charge in [0.25, 0.3) is 0 Å². The van der Waals surface area contributed by atoms with E-state index in [1.807, 2.05) is 29.2 Å². The number of rotatable bonds is 5. The van der Waals surface area contributed by atoms with Crippen LogP contribution in [0.15, 0.2) is 52.9 Å². The Bertz CT molecular complexity index is 691. The van der Waals surface area contributed by atoms with E-state index in [2.05, 4.69) is 4.98 Å². The van der Waals surface area contributed by atoms with Gasteiger partial charge in [0, 0.05) is 12.2 Å². The molecule has 2 N–H and O–H groups in total. The summed E-state index contributed by atoms with van der Waals surface area (Å²) >= 11 is 0. The number of halogens is 1. The quantitative estimate of drug-likeness (QED) is 0.780. The largest absolute Gasteiger partial charge is 0.423 e. The summed E-state index contributed by atoms with van der Waals surface area (Å²) in [5.41, 5.74) is 7.95. The van der Waals surface area contributed by atoms with E-state index >= 15 is 0 Å². The summed E-state index contributed by atoms with van der Waals surface area (Å²) in [6, 6.07) is 14.3. The van der Waals surface area contributed by atoms with E-state index < -0.39 is 0 Å². The second-order valence-corrected chi connectivity index (χ2v) is 4.73. The molecule has 0 fully saturated rings. The first-order chi connectivity index (χ1) is 10.3. The third-order valence-corrected chi connectivity index (χ3v) is 3.24. The van der Waals surface area contributed by atoms with E-state index in [9.17, 15) is 4.39 Å². The number of oxazole rings is 1. The normalized spacial score (nSPS) is 11.0. The van der Waals surface area contributed by atoms with Gasteiger partial charge < -0.3 is 10.2 Å². The highest BCUT2D eigenvalue weighted by atomic mass is 19.1. The van der Waals surface area contributed by atoms with Crippen molar-refractivity contribution in [1.82, 2.24) is 4.98 Å². The van der Waals surface area contributed by atoms with Crippen molar-refractivity contribution in [3.8, 4) is 0 Å². The fourth-order valence-electron chi connectivity index (χ4n) is 2.18. The number of anilines is 2. The Morgan fingerprint density at radius 2 is 1.86 bits per heavy atom. The monoisotopic (exact) mass is 285 g/mol. The van der Waals surface area contributed by atoms with E-state index in [0.29, 0.717) is 19.1 Å². The van der Waals surface area contributed by atoms with Gasteiger partial charge in [0.2, 0.25) is 0 Å². The van der Waals surface area contributed by atoms with E-state index in [1.54, 1.807) is 12.1 Å². The molecule has 21 heavy (non-hydrogen) atoms. The minimum Gasteiger partial charge on any atom is -0.423 e. The fraction of sp³-hybridized carbons (Fsp3) is 0.188. The van der Waals surface area contributed by atoms with Gasteiger partial charge in [0.05, 0.1) is 0 Å². The Morgan fingerprint density at radius 1 is 1.10 bits per heavy atom. The van der Waals surface area contributed by atoms with Crippen LogP contribution in [0.3, 0.4) is 0 Å². The van der Waals surface area contributed by atoms with Crippen molar-refractivity contribution in [2.24, 2.45) is 5.73 Å². The molecule has 0 unspecified atom stereocenters. The van der Waals surface area contributed by atoms with Crippen LogP contribution in [0.25, 0.3) is 11.1 Å². The first-order valence-electron chi connectivity index (χ1n) is 6.86. The number of para-hydroxylation sites is 2. The van der Waals surface area contributed by atoms with Crippen molar-refractivity contribution in [2.45, 2.75) is 6.42 Å². The smallest absolute Gasteiger partial charge is 0.302 e. The SMILES string of the molecule is NCCCN(c1ccc(F)cc1)c1nc2ccccc2o1. The van der Waals surface area contributed by atoms with Crippen molar-refractivity contribution in [1.29, 1.82) is 0 Å². The Balaban J connectivity index is 1.99. The number of nitrogens with zero attached hydrogens (tertiary/aromatic N) is 2. The number of benzene rings is 2. The van der Waals surface area contributed by atoms with Crippen molar-refractivity contribution < 1.29 is 8.81 Å². The summed E-state index contributed by atoms with van der Waals surface area (Å²) in [6.07, 6.45) is 0.788. The number of hydrogen-bond acceptors (Lipinski definition) is 4. The van der Waals surface area contributed by atoms with Crippen LogP contribution >= 0.6 is 0 Å². The first-order valence-corrected chi connectivity index (χ1v) is 6.86. The molecule has 0 bridgehead atoms. The second-order valence-electron chi connectivity index (χ2n) is 4.73. The molecular weight excluding hydrogens is 269 g/mol. The maximum atomic E-state index is 13.1. The van der Waals surface area contributed by atoms with Crippen LogP contribution in [0, 0.1) is 5.82 Å². The molecule has 0 amide bonds. The molecule has 0 saturated carbocycles. The Labute approximate surface area is 122 Å². The van der Waals surface area contributed by atoms with Crippen molar-refractivity contribution in [3.63, 3.8) is 0 Å². The van der Waals surface area contributed by atoms with Crippen LogP contribution in [0.1, 0.15) is 6.42 Å². The summed E-state index contributed by atoms with van der Waals surface area (Å²) < 4.78 is 18.9. The van der Waals surface area contributed by atoms with Crippen LogP contribution in [0.2, 0.25) is 0 Å². The highest BCUT2D eigenvalue weighted by Gasteiger charge is 2.15. The van der Waals surface area contributed by atoms with Gasteiger partial charge in [-0.05, 0) is 49.4 Å². The predicted molar refractivity (Wildman–Crippen MR) is 81.1 cm³/mol. The highest BCUT2D eigenvalue weighted by Crippen LogP contribution is 2.28. The minimum atomic E-state index is -0.268. The van der Waals surface area contributed by atoms with Crippen LogP contribution in [-0.2, 0) is 0 Å². The zero-order valence-corrected chi connectivity index (χ0v) is 11.5. The second kappa shape index (κ2) is 5.93. The lowest BCUT2D eigenvalue weighted by Gasteiger charge is -2.20. The Morgan fingerprint density at radius 3 is 2.57 bits per heavy atom. The van der Waals surface area contributed by atoms with Crippen molar-refractivity contribution >= 4 is 22.8 Å². The average molecular weight is 285 g/mol. The van der Waals surface area contributed by atoms with Gasteiger partial charge in [-0.2, -0.15) is 4.98 Å². The predicted octanol–water partition coefficient (Wildman–Crippen LogP) is 3.45. The summed E-state index contributed by atoms with van der Waals surface area (Å²) in [5.74, 6) is -0.268. The lowest BCUT2D eigenvalue weighted by Crippen LogP contribution is -2.21. The maximum absolute atomic E-state index is 13.1. The molecule has 108 valence electrons. The molecule has 0 aliphatic rings. The first kappa shape index (κ1) is 13.6. The topological polar surface area (TPSA) is 55.3 Å². The molecule has 2 aromatic carbocycles. The number of nitrogens with two attached hydrogens (primary N) is 1. The number of fused-ring (bicyclic) bond motifs is 1. The van der Waals surface area contributed by atoms with E-state index in [1.165, 1.54) is 12.1 Å². The van der Waals surface area contributed by atoms with Crippen LogP contribution in [0.4, 0.5) is 16.1 Å². The molecule has 0 aliphatic carbocycles. The Hall–Kier alpha value is -2.40. The molecule has 4 nitrogen and oxygen atoms in total. The van der Waals surface area contributed by atoms with Crippen LogP contribution in [-0.4, -0.2) is 18.1 Å². The van der Waals surface area contributed by atoms with Crippen LogP contribution in [0.5, 0.6) is 0 Å². The van der Waals surface area contributed by atoms with Crippen molar-refractivity contribution in [3.05, 3.63) is 54.3 Å². The highest BCUT2D eigenvalue weighted by molar-refractivity contribution is 5.75. The third kappa shape index (κ3) is 2.87. The van der Waals surface area contributed by atoms with E-state index in [-0.39, 0.29) is 5.82 Å². The molecule has 1 aromatic heterocycles. The van der Waals surface area contributed by atoms with Crippen molar-refractivity contribution in [2.75, 3.05) is 18.0 Å². The summed E-state index contributed by atoms with van der Waals surface area (Å²) in [7, 11) is 0. The molecule has 0 atom stereocenters. The minimum absolute atomic E-state index is 0.268. The number of aromatic nitrogens is 1. The van der Waals surface area contributed by atoms with Gasteiger partial charge in [-0.1, -0.05) is 12.1 Å². The zero-order chi connectivity index (χ0) is 14.7. The fourth-order valence-corrected chi connectivity index (χ4v) is 2.18. The van der Waals surface area contributed by atoms with Gasteiger partial charge in [-0.15, -0.1) is 0 Å². The van der Waals surface area contributed by atoms with Crippen LogP contribution < -0.4 is 10.6 Å². The zero-order valence-electron chi connectivity index (χ0n) is 11.5. The summed E-state index contributed by atoms with van der Waals surface area (Å²) in [6.45, 7) is 1.23. The third-order valence-electron chi connectivity index (χ3n) is 3.24. The molecular formula is C16H16FN3O. The summed E-state index contributed by atoms with van der Waals surface area (Å²) in [5, 5.41) is 0. The van der Waals surface area contributed by atoms with Gasteiger partial charge >= 0.3 is 6.01 Å². The lowest BCUT2D eigenvalue weighted by molar-refractivity contribution is 0.587. The van der Waals surface area contributed by atoms with Gasteiger partial charge in [0.15, 0.2) is 5.58 Å². The molecule has 3 rings (SSSR count). The molecule has 5 heteroatoms. The molecule has 1 heterocycles. The maximum Gasteiger partial charge on any atom is 0.302 e. The molecule has 0 saturated heterocycles. The van der Waals surface area contributed by atoms with Gasteiger partial charge in [-0.25, -0.2) is 4.39 Å². The Kier molecular flexibility index (Phi) is 3.83.